The van der Waals surface area contributed by atoms with Crippen molar-refractivity contribution in [2.24, 2.45) is 7.05 Å². The van der Waals surface area contributed by atoms with E-state index >= 15 is 0 Å². The van der Waals surface area contributed by atoms with Crippen LogP contribution in [0, 0.1) is 0 Å². The van der Waals surface area contributed by atoms with Crippen LogP contribution in [0.4, 0.5) is 0 Å². The Kier molecular flexibility index (Phi) is 1.80. The van der Waals surface area contributed by atoms with Crippen LogP contribution >= 0.6 is 0 Å². The van der Waals surface area contributed by atoms with Gasteiger partial charge in [-0.1, -0.05) is 0 Å². The van der Waals surface area contributed by atoms with Gasteiger partial charge in [-0.15, -0.1) is 10.2 Å². The van der Waals surface area contributed by atoms with Gasteiger partial charge in [0.2, 0.25) is 5.82 Å². The highest BCUT2D eigenvalue weighted by molar-refractivity contribution is 5.50. The lowest BCUT2D eigenvalue weighted by molar-refractivity contribution is 0.553. The standard InChI is InChI=1S/C7H10N6/c1-3-13-10-7(9-11-13)6-4-8-12(2)5-6/h4-5H,3H2,1-2H3. The lowest BCUT2D eigenvalue weighted by Crippen LogP contribution is -1.98. The second-order valence-corrected chi connectivity index (χ2v) is 2.70. The molecular weight excluding hydrogens is 168 g/mol. The molecule has 13 heavy (non-hydrogen) atoms. The van der Waals surface area contributed by atoms with Crippen molar-refractivity contribution in [3.8, 4) is 11.4 Å². The largest absolute Gasteiger partial charge is 0.275 e. The summed E-state index contributed by atoms with van der Waals surface area (Å²) in [6.07, 6.45) is 3.58. The Labute approximate surface area is 75.2 Å². The fraction of sp³-hybridized carbons (Fsp3) is 0.429. The van der Waals surface area contributed by atoms with E-state index in [0.29, 0.717) is 5.82 Å². The molecule has 0 aromatic carbocycles. The van der Waals surface area contributed by atoms with Crippen LogP contribution in [0.3, 0.4) is 0 Å². The third kappa shape index (κ3) is 1.42. The van der Waals surface area contributed by atoms with Crippen molar-refractivity contribution in [2.45, 2.75) is 13.5 Å². The number of rotatable bonds is 2. The number of aromatic nitrogens is 6. The normalized spacial score (nSPS) is 10.6. The van der Waals surface area contributed by atoms with Gasteiger partial charge < -0.3 is 0 Å². The third-order valence-corrected chi connectivity index (χ3v) is 1.70. The van der Waals surface area contributed by atoms with E-state index in [9.17, 15) is 0 Å². The summed E-state index contributed by atoms with van der Waals surface area (Å²) in [4.78, 5) is 1.54. The van der Waals surface area contributed by atoms with Gasteiger partial charge in [-0.05, 0) is 12.1 Å². The molecule has 0 fully saturated rings. The van der Waals surface area contributed by atoms with Crippen molar-refractivity contribution in [1.29, 1.82) is 0 Å². The first-order valence-electron chi connectivity index (χ1n) is 4.06. The molecule has 2 aromatic heterocycles. The van der Waals surface area contributed by atoms with Gasteiger partial charge in [0.05, 0.1) is 18.3 Å². The second-order valence-electron chi connectivity index (χ2n) is 2.70. The third-order valence-electron chi connectivity index (χ3n) is 1.70. The summed E-state index contributed by atoms with van der Waals surface area (Å²) in [5, 5.41) is 15.9. The van der Waals surface area contributed by atoms with Crippen LogP contribution in [0.2, 0.25) is 0 Å². The maximum Gasteiger partial charge on any atom is 0.208 e. The van der Waals surface area contributed by atoms with Gasteiger partial charge in [-0.25, -0.2) is 0 Å². The second kappa shape index (κ2) is 2.96. The van der Waals surface area contributed by atoms with Crippen LogP contribution < -0.4 is 0 Å². The first-order valence-corrected chi connectivity index (χ1v) is 4.06. The van der Waals surface area contributed by atoms with Crippen LogP contribution in [0.1, 0.15) is 6.92 Å². The van der Waals surface area contributed by atoms with Crippen molar-refractivity contribution in [3.63, 3.8) is 0 Å². The van der Waals surface area contributed by atoms with Gasteiger partial charge in [-0.2, -0.15) is 9.90 Å². The van der Waals surface area contributed by atoms with E-state index < -0.39 is 0 Å². The first kappa shape index (κ1) is 7.90. The number of hydrogen-bond donors (Lipinski definition) is 0. The van der Waals surface area contributed by atoms with Gasteiger partial charge in [0.15, 0.2) is 0 Å². The Balaban J connectivity index is 2.35. The zero-order valence-corrected chi connectivity index (χ0v) is 7.55. The molecule has 0 amide bonds. The zero-order valence-electron chi connectivity index (χ0n) is 7.55. The monoisotopic (exact) mass is 178 g/mol. The summed E-state index contributed by atoms with van der Waals surface area (Å²) in [6, 6.07) is 0. The van der Waals surface area contributed by atoms with Gasteiger partial charge in [0.25, 0.3) is 0 Å². The lowest BCUT2D eigenvalue weighted by atomic mass is 10.3. The molecule has 6 nitrogen and oxygen atoms in total. The number of tetrazole rings is 1. The molecule has 0 aliphatic heterocycles. The fourth-order valence-electron chi connectivity index (χ4n) is 1.03. The van der Waals surface area contributed by atoms with Crippen molar-refractivity contribution in [2.75, 3.05) is 0 Å². The molecule has 0 aliphatic carbocycles. The predicted molar refractivity (Wildman–Crippen MR) is 45.7 cm³/mol. The van der Waals surface area contributed by atoms with Crippen LogP contribution in [0.25, 0.3) is 11.4 Å². The Hall–Kier alpha value is -1.72. The number of nitrogens with zero attached hydrogens (tertiary/aromatic N) is 6. The Morgan fingerprint density at radius 3 is 2.85 bits per heavy atom. The molecular formula is C7H10N6. The smallest absolute Gasteiger partial charge is 0.208 e. The van der Waals surface area contributed by atoms with Crippen molar-refractivity contribution >= 4 is 0 Å². The van der Waals surface area contributed by atoms with E-state index in [2.05, 4.69) is 20.5 Å². The van der Waals surface area contributed by atoms with E-state index in [4.69, 9.17) is 0 Å². The molecule has 2 rings (SSSR count). The topological polar surface area (TPSA) is 61.4 Å². The van der Waals surface area contributed by atoms with Gasteiger partial charge in [0.1, 0.15) is 0 Å². The summed E-state index contributed by atoms with van der Waals surface area (Å²) in [5.41, 5.74) is 0.891. The van der Waals surface area contributed by atoms with Crippen LogP contribution in [0.15, 0.2) is 12.4 Å². The highest BCUT2D eigenvalue weighted by Crippen LogP contribution is 2.10. The first-order chi connectivity index (χ1) is 6.29. The van der Waals surface area contributed by atoms with Crippen LogP contribution in [-0.4, -0.2) is 30.0 Å². The molecule has 0 aliphatic rings. The maximum absolute atomic E-state index is 4.15. The molecule has 0 saturated heterocycles. The molecule has 0 unspecified atom stereocenters. The molecule has 0 N–H and O–H groups in total. The molecule has 68 valence electrons. The molecule has 0 radical (unpaired) electrons. The van der Waals surface area contributed by atoms with Crippen LogP contribution in [-0.2, 0) is 13.6 Å². The summed E-state index contributed by atoms with van der Waals surface area (Å²) < 4.78 is 1.71. The van der Waals surface area contributed by atoms with E-state index in [1.807, 2.05) is 20.2 Å². The summed E-state index contributed by atoms with van der Waals surface area (Å²) >= 11 is 0. The SMILES string of the molecule is CCn1nnc(-c2cnn(C)c2)n1. The molecule has 0 saturated carbocycles. The summed E-state index contributed by atoms with van der Waals surface area (Å²) in [7, 11) is 1.85. The van der Waals surface area contributed by atoms with E-state index in [1.165, 1.54) is 0 Å². The Morgan fingerprint density at radius 2 is 2.31 bits per heavy atom. The molecule has 2 heterocycles. The minimum atomic E-state index is 0.620. The van der Waals surface area contributed by atoms with Gasteiger partial charge in [-0.3, -0.25) is 4.68 Å². The van der Waals surface area contributed by atoms with E-state index in [1.54, 1.807) is 15.7 Å². The molecule has 0 atom stereocenters. The lowest BCUT2D eigenvalue weighted by Gasteiger charge is -1.86. The molecule has 0 spiro atoms. The fourth-order valence-corrected chi connectivity index (χ4v) is 1.03. The van der Waals surface area contributed by atoms with Crippen LogP contribution in [0.5, 0.6) is 0 Å². The van der Waals surface area contributed by atoms with Crippen molar-refractivity contribution in [1.82, 2.24) is 30.0 Å². The van der Waals surface area contributed by atoms with E-state index in [0.717, 1.165) is 12.1 Å². The molecule has 6 heteroatoms. The van der Waals surface area contributed by atoms with Gasteiger partial charge in [0, 0.05) is 13.2 Å². The molecule has 2 aromatic rings. The maximum atomic E-state index is 4.15. The number of aryl methyl sites for hydroxylation is 2. The van der Waals surface area contributed by atoms with Gasteiger partial charge >= 0.3 is 0 Å². The number of hydrogen-bond acceptors (Lipinski definition) is 4. The summed E-state index contributed by atoms with van der Waals surface area (Å²) in [6.45, 7) is 2.70. The molecule has 0 bridgehead atoms. The Bertz CT molecular complexity index is 401. The van der Waals surface area contributed by atoms with E-state index in [-0.39, 0.29) is 0 Å². The quantitative estimate of drug-likeness (QED) is 0.654. The average molecular weight is 178 g/mol. The zero-order chi connectivity index (χ0) is 9.26. The van der Waals surface area contributed by atoms with Crippen molar-refractivity contribution in [3.05, 3.63) is 12.4 Å². The predicted octanol–water partition coefficient (Wildman–Crippen LogP) is 0.0935. The highest BCUT2D eigenvalue weighted by atomic mass is 15.6. The van der Waals surface area contributed by atoms with Crippen molar-refractivity contribution < 1.29 is 0 Å². The minimum Gasteiger partial charge on any atom is -0.275 e. The Morgan fingerprint density at radius 1 is 1.46 bits per heavy atom. The minimum absolute atomic E-state index is 0.620. The average Bonchev–Trinajstić information content (AvgIpc) is 2.71. The highest BCUT2D eigenvalue weighted by Gasteiger charge is 2.05. The summed E-state index contributed by atoms with van der Waals surface area (Å²) in [5.74, 6) is 0.620.